The molecule has 0 aliphatic heterocycles. The van der Waals surface area contributed by atoms with Gasteiger partial charge in [-0.05, 0) is 61.8 Å². The molecule has 1 heterocycles. The van der Waals surface area contributed by atoms with Gasteiger partial charge in [0.05, 0.1) is 0 Å². The summed E-state index contributed by atoms with van der Waals surface area (Å²) in [4.78, 5) is 26.7. The van der Waals surface area contributed by atoms with Gasteiger partial charge in [-0.3, -0.25) is 4.79 Å². The lowest BCUT2D eigenvalue weighted by Crippen LogP contribution is -2.30. The Labute approximate surface area is 158 Å². The number of esters is 1. The van der Waals surface area contributed by atoms with E-state index in [4.69, 9.17) is 4.74 Å². The SMILES string of the molecule is CC[C@@H](C)c1ccccc1NC(=O)[C@@H](C)OC(=O)c1cc2c(s1)CCC2. The van der Waals surface area contributed by atoms with Crippen molar-refractivity contribution in [3.63, 3.8) is 0 Å². The van der Waals surface area contributed by atoms with Crippen molar-refractivity contribution >= 4 is 28.9 Å². The van der Waals surface area contributed by atoms with Gasteiger partial charge in [-0.25, -0.2) is 4.79 Å². The number of carbonyl (C=O) groups is 2. The Morgan fingerprint density at radius 3 is 2.73 bits per heavy atom. The molecule has 138 valence electrons. The van der Waals surface area contributed by atoms with E-state index in [1.54, 1.807) is 6.92 Å². The van der Waals surface area contributed by atoms with E-state index in [2.05, 4.69) is 19.2 Å². The number of para-hydroxylation sites is 1. The summed E-state index contributed by atoms with van der Waals surface area (Å²) in [5.41, 5.74) is 3.13. The molecule has 2 atom stereocenters. The first-order chi connectivity index (χ1) is 12.5. The number of hydrogen-bond donors (Lipinski definition) is 1. The van der Waals surface area contributed by atoms with Crippen LogP contribution in [0, 0.1) is 0 Å². The predicted octanol–water partition coefficient (Wildman–Crippen LogP) is 4.93. The third-order valence-corrected chi connectivity index (χ3v) is 6.18. The standard InChI is InChI=1S/C21H25NO3S/c1-4-13(2)16-9-5-6-10-17(16)22-20(23)14(3)25-21(24)19-12-15-8-7-11-18(15)26-19/h5-6,9-10,12-14H,4,7-8,11H2,1-3H3,(H,22,23)/t13-,14-/m1/s1. The first-order valence-electron chi connectivity index (χ1n) is 9.22. The maximum atomic E-state index is 12.5. The Bertz CT molecular complexity index is 790. The van der Waals surface area contributed by atoms with E-state index < -0.39 is 12.1 Å². The van der Waals surface area contributed by atoms with Crippen LogP contribution in [-0.4, -0.2) is 18.0 Å². The first kappa shape index (κ1) is 18.6. The van der Waals surface area contributed by atoms with E-state index in [9.17, 15) is 9.59 Å². The van der Waals surface area contributed by atoms with Crippen LogP contribution in [0.25, 0.3) is 0 Å². The topological polar surface area (TPSA) is 55.4 Å². The number of hydrogen-bond acceptors (Lipinski definition) is 4. The maximum Gasteiger partial charge on any atom is 0.349 e. The molecular formula is C21H25NO3S. The zero-order valence-electron chi connectivity index (χ0n) is 15.5. The Morgan fingerprint density at radius 1 is 1.23 bits per heavy atom. The third-order valence-electron chi connectivity index (χ3n) is 4.96. The molecule has 1 N–H and O–H groups in total. The van der Waals surface area contributed by atoms with Gasteiger partial charge in [-0.15, -0.1) is 11.3 Å². The number of thiophene rings is 1. The van der Waals surface area contributed by atoms with Crippen LogP contribution >= 0.6 is 11.3 Å². The Hall–Kier alpha value is -2.14. The van der Waals surface area contributed by atoms with E-state index in [1.165, 1.54) is 21.8 Å². The number of nitrogens with one attached hydrogen (secondary N) is 1. The van der Waals surface area contributed by atoms with Crippen LogP contribution in [0.5, 0.6) is 0 Å². The van der Waals surface area contributed by atoms with E-state index in [-0.39, 0.29) is 5.91 Å². The van der Waals surface area contributed by atoms with Crippen molar-refractivity contribution in [2.75, 3.05) is 5.32 Å². The Kier molecular flexibility index (Phi) is 5.77. The minimum Gasteiger partial charge on any atom is -0.448 e. The largest absolute Gasteiger partial charge is 0.448 e. The van der Waals surface area contributed by atoms with E-state index in [0.717, 1.165) is 36.9 Å². The smallest absolute Gasteiger partial charge is 0.349 e. The number of fused-ring (bicyclic) bond motifs is 1. The fourth-order valence-electron chi connectivity index (χ4n) is 3.20. The summed E-state index contributed by atoms with van der Waals surface area (Å²) in [5.74, 6) is -0.377. The van der Waals surface area contributed by atoms with Crippen molar-refractivity contribution in [2.24, 2.45) is 0 Å². The summed E-state index contributed by atoms with van der Waals surface area (Å²) in [6.45, 7) is 5.86. The predicted molar refractivity (Wildman–Crippen MR) is 105 cm³/mol. The highest BCUT2D eigenvalue weighted by atomic mass is 32.1. The van der Waals surface area contributed by atoms with Crippen LogP contribution in [0.2, 0.25) is 0 Å². The quantitative estimate of drug-likeness (QED) is 0.732. The fourth-order valence-corrected chi connectivity index (χ4v) is 4.33. The van der Waals surface area contributed by atoms with Crippen molar-refractivity contribution in [3.8, 4) is 0 Å². The van der Waals surface area contributed by atoms with Gasteiger partial charge in [-0.1, -0.05) is 32.0 Å². The van der Waals surface area contributed by atoms with Crippen molar-refractivity contribution in [2.45, 2.75) is 58.5 Å². The Balaban J connectivity index is 1.64. The van der Waals surface area contributed by atoms with Crippen LogP contribution in [0.15, 0.2) is 30.3 Å². The first-order valence-corrected chi connectivity index (χ1v) is 10.0. The zero-order chi connectivity index (χ0) is 18.7. The van der Waals surface area contributed by atoms with E-state index in [0.29, 0.717) is 10.8 Å². The summed E-state index contributed by atoms with van der Waals surface area (Å²) in [6.07, 6.45) is 3.37. The van der Waals surface area contributed by atoms with Gasteiger partial charge in [0, 0.05) is 10.6 Å². The number of rotatable bonds is 6. The van der Waals surface area contributed by atoms with Gasteiger partial charge in [0.25, 0.3) is 5.91 Å². The summed E-state index contributed by atoms with van der Waals surface area (Å²) < 4.78 is 5.39. The van der Waals surface area contributed by atoms with Gasteiger partial charge in [0.2, 0.25) is 0 Å². The van der Waals surface area contributed by atoms with Crippen molar-refractivity contribution in [3.05, 3.63) is 51.2 Å². The lowest BCUT2D eigenvalue weighted by atomic mass is 9.97. The average molecular weight is 372 g/mol. The molecule has 5 heteroatoms. The van der Waals surface area contributed by atoms with E-state index >= 15 is 0 Å². The minimum atomic E-state index is -0.843. The number of anilines is 1. The summed E-state index contributed by atoms with van der Waals surface area (Å²) in [5, 5.41) is 2.91. The maximum absolute atomic E-state index is 12.5. The molecule has 1 aliphatic rings. The summed E-state index contributed by atoms with van der Waals surface area (Å²) in [7, 11) is 0. The summed E-state index contributed by atoms with van der Waals surface area (Å²) >= 11 is 1.49. The number of carbonyl (C=O) groups excluding carboxylic acids is 2. The van der Waals surface area contributed by atoms with Crippen molar-refractivity contribution in [1.82, 2.24) is 0 Å². The number of benzene rings is 1. The molecule has 0 radical (unpaired) electrons. The third kappa shape index (κ3) is 3.98. The Morgan fingerprint density at radius 2 is 2.00 bits per heavy atom. The molecule has 0 saturated carbocycles. The highest BCUT2D eigenvalue weighted by Gasteiger charge is 2.24. The van der Waals surface area contributed by atoms with Gasteiger partial charge >= 0.3 is 5.97 Å². The second-order valence-corrected chi connectivity index (χ2v) is 7.98. The molecule has 0 spiro atoms. The lowest BCUT2D eigenvalue weighted by molar-refractivity contribution is -0.123. The normalized spacial score (nSPS) is 15.2. The molecular weight excluding hydrogens is 346 g/mol. The molecule has 1 aliphatic carbocycles. The van der Waals surface area contributed by atoms with Crippen LogP contribution in [0.4, 0.5) is 5.69 Å². The second-order valence-electron chi connectivity index (χ2n) is 6.85. The van der Waals surface area contributed by atoms with Crippen molar-refractivity contribution in [1.29, 1.82) is 0 Å². The van der Waals surface area contributed by atoms with Gasteiger partial charge in [-0.2, -0.15) is 0 Å². The molecule has 0 unspecified atom stereocenters. The number of aryl methyl sites for hydroxylation is 2. The fraction of sp³-hybridized carbons (Fsp3) is 0.429. The van der Waals surface area contributed by atoms with Gasteiger partial charge in [0.15, 0.2) is 6.10 Å². The van der Waals surface area contributed by atoms with Crippen LogP contribution in [-0.2, 0) is 22.4 Å². The highest BCUT2D eigenvalue weighted by Crippen LogP contribution is 2.31. The van der Waals surface area contributed by atoms with E-state index in [1.807, 2.05) is 30.3 Å². The van der Waals surface area contributed by atoms with Gasteiger partial charge < -0.3 is 10.1 Å². The zero-order valence-corrected chi connectivity index (χ0v) is 16.3. The van der Waals surface area contributed by atoms with Crippen LogP contribution in [0.3, 0.4) is 0 Å². The van der Waals surface area contributed by atoms with Crippen molar-refractivity contribution < 1.29 is 14.3 Å². The van der Waals surface area contributed by atoms with Crippen LogP contribution in [0.1, 0.15) is 65.2 Å². The van der Waals surface area contributed by atoms with Crippen LogP contribution < -0.4 is 5.32 Å². The van der Waals surface area contributed by atoms with Gasteiger partial charge in [0.1, 0.15) is 4.88 Å². The molecule has 2 aromatic rings. The average Bonchev–Trinajstić information content (AvgIpc) is 3.23. The minimum absolute atomic E-state index is 0.307. The molecule has 0 saturated heterocycles. The number of amides is 1. The molecule has 1 aromatic heterocycles. The molecule has 3 rings (SSSR count). The second kappa shape index (κ2) is 8.04. The molecule has 1 amide bonds. The molecule has 26 heavy (non-hydrogen) atoms. The lowest BCUT2D eigenvalue weighted by Gasteiger charge is -2.18. The molecule has 0 bridgehead atoms. The highest BCUT2D eigenvalue weighted by molar-refractivity contribution is 7.14. The monoisotopic (exact) mass is 371 g/mol. The molecule has 1 aromatic carbocycles. The number of ether oxygens (including phenoxy) is 1. The molecule has 4 nitrogen and oxygen atoms in total. The summed E-state index contributed by atoms with van der Waals surface area (Å²) in [6, 6.07) is 9.69. The molecule has 0 fully saturated rings.